The number of hydrogen-bond acceptors (Lipinski definition) is 2. The van der Waals surface area contributed by atoms with E-state index < -0.39 is 5.97 Å². The Balaban J connectivity index is 2.89. The van der Waals surface area contributed by atoms with E-state index in [0.717, 1.165) is 16.8 Å². The summed E-state index contributed by atoms with van der Waals surface area (Å²) in [6, 6.07) is 5.45. The molecule has 0 heterocycles. The minimum atomic E-state index is -1.03. The lowest BCUT2D eigenvalue weighted by Crippen LogP contribution is -2.41. The molecule has 0 aliphatic carbocycles. The lowest BCUT2D eigenvalue weighted by Gasteiger charge is -2.24. The molecule has 1 N–H and O–H groups in total. The number of amides is 2. The van der Waals surface area contributed by atoms with Crippen LogP contribution in [0, 0.1) is 13.8 Å². The molecule has 0 aliphatic heterocycles. The van der Waals surface area contributed by atoms with Crippen LogP contribution in [0.5, 0.6) is 0 Å². The van der Waals surface area contributed by atoms with Gasteiger partial charge in [0.05, 0.1) is 0 Å². The number of likely N-dealkylation sites (N-methyl/N-ethyl adjacent to an activating group) is 1. The smallest absolute Gasteiger partial charge is 0.324 e. The molecule has 5 nitrogen and oxygen atoms in total. The highest BCUT2D eigenvalue weighted by Crippen LogP contribution is 2.18. The molecule has 0 aliphatic rings. The number of benzene rings is 1. The number of anilines is 1. The van der Waals surface area contributed by atoms with Gasteiger partial charge in [0.25, 0.3) is 0 Å². The lowest BCUT2D eigenvalue weighted by molar-refractivity contribution is -0.137. The molecule has 5 heteroatoms. The van der Waals surface area contributed by atoms with Gasteiger partial charge in [-0.05, 0) is 37.1 Å². The van der Waals surface area contributed by atoms with E-state index in [1.165, 1.54) is 16.8 Å². The van der Waals surface area contributed by atoms with Gasteiger partial charge in [-0.1, -0.05) is 6.07 Å². The fourth-order valence-electron chi connectivity index (χ4n) is 1.78. The van der Waals surface area contributed by atoms with Crippen LogP contribution >= 0.6 is 0 Å². The van der Waals surface area contributed by atoms with E-state index in [1.54, 1.807) is 7.05 Å². The number of carbonyl (C=O) groups excluding carboxylic acids is 1. The van der Waals surface area contributed by atoms with Crippen LogP contribution in [0.2, 0.25) is 0 Å². The van der Waals surface area contributed by atoms with Crippen molar-refractivity contribution in [2.45, 2.75) is 13.8 Å². The third-order valence-corrected chi connectivity index (χ3v) is 2.58. The lowest BCUT2D eigenvalue weighted by atomic mass is 10.1. The number of aliphatic carboxylic acids is 1. The Morgan fingerprint density at radius 1 is 1.11 bits per heavy atom. The summed E-state index contributed by atoms with van der Waals surface area (Å²) in [6.45, 7) is 3.60. The van der Waals surface area contributed by atoms with Crippen LogP contribution in [-0.4, -0.2) is 42.6 Å². The van der Waals surface area contributed by atoms with Crippen molar-refractivity contribution in [3.05, 3.63) is 29.3 Å². The first-order valence-electron chi connectivity index (χ1n) is 5.60. The van der Waals surface area contributed by atoms with Crippen LogP contribution in [0.15, 0.2) is 18.2 Å². The van der Waals surface area contributed by atoms with Crippen molar-refractivity contribution in [3.8, 4) is 0 Å². The van der Waals surface area contributed by atoms with Crippen LogP contribution in [0.3, 0.4) is 0 Å². The Morgan fingerprint density at radius 2 is 1.61 bits per heavy atom. The highest BCUT2D eigenvalue weighted by Gasteiger charge is 2.18. The molecule has 1 aromatic rings. The van der Waals surface area contributed by atoms with E-state index in [9.17, 15) is 9.59 Å². The van der Waals surface area contributed by atoms with E-state index in [4.69, 9.17) is 5.11 Å². The molecule has 0 bridgehead atoms. The van der Waals surface area contributed by atoms with Crippen molar-refractivity contribution in [2.75, 3.05) is 25.5 Å². The first kappa shape index (κ1) is 14.0. The Bertz CT molecular complexity index is 451. The monoisotopic (exact) mass is 250 g/mol. The van der Waals surface area contributed by atoms with E-state index in [1.807, 2.05) is 32.0 Å². The van der Waals surface area contributed by atoms with E-state index >= 15 is 0 Å². The molecule has 0 aromatic heterocycles. The molecule has 0 radical (unpaired) electrons. The first-order valence-corrected chi connectivity index (χ1v) is 5.60. The van der Waals surface area contributed by atoms with Crippen molar-refractivity contribution in [1.82, 2.24) is 4.90 Å². The summed E-state index contributed by atoms with van der Waals surface area (Å²) in [5, 5.41) is 8.66. The van der Waals surface area contributed by atoms with Gasteiger partial charge in [-0.2, -0.15) is 0 Å². The second-order valence-electron chi connectivity index (χ2n) is 4.44. The summed E-state index contributed by atoms with van der Waals surface area (Å²) < 4.78 is 0. The third-order valence-electron chi connectivity index (χ3n) is 2.58. The van der Waals surface area contributed by atoms with Gasteiger partial charge in [0.2, 0.25) is 0 Å². The molecule has 0 fully saturated rings. The fraction of sp³-hybridized carbons (Fsp3) is 0.385. The second kappa shape index (κ2) is 5.53. The average Bonchev–Trinajstić information content (AvgIpc) is 2.24. The quantitative estimate of drug-likeness (QED) is 0.891. The molecule has 18 heavy (non-hydrogen) atoms. The molecule has 0 spiro atoms. The first-order chi connectivity index (χ1) is 8.31. The largest absolute Gasteiger partial charge is 0.480 e. The second-order valence-corrected chi connectivity index (χ2v) is 4.44. The predicted octanol–water partition coefficient (Wildman–Crippen LogP) is 1.88. The Hall–Kier alpha value is -2.04. The average molecular weight is 250 g/mol. The molecule has 1 rings (SSSR count). The number of urea groups is 1. The van der Waals surface area contributed by atoms with Crippen LogP contribution in [0.4, 0.5) is 10.5 Å². The molecule has 0 saturated carbocycles. The topological polar surface area (TPSA) is 60.9 Å². The summed E-state index contributed by atoms with van der Waals surface area (Å²) in [5.41, 5.74) is 2.88. The summed E-state index contributed by atoms with van der Waals surface area (Å²) in [7, 11) is 3.10. The Labute approximate surface area is 107 Å². The van der Waals surface area contributed by atoms with Crippen LogP contribution in [0.25, 0.3) is 0 Å². The van der Waals surface area contributed by atoms with Gasteiger partial charge in [0, 0.05) is 19.8 Å². The van der Waals surface area contributed by atoms with Crippen LogP contribution in [0.1, 0.15) is 11.1 Å². The molecular formula is C13H18N2O3. The maximum Gasteiger partial charge on any atom is 0.324 e. The maximum atomic E-state index is 12.0. The van der Waals surface area contributed by atoms with Crippen LogP contribution < -0.4 is 4.90 Å². The van der Waals surface area contributed by atoms with Crippen molar-refractivity contribution < 1.29 is 14.7 Å². The van der Waals surface area contributed by atoms with Gasteiger partial charge in [-0.15, -0.1) is 0 Å². The zero-order valence-electron chi connectivity index (χ0n) is 11.1. The van der Waals surface area contributed by atoms with Crippen molar-refractivity contribution in [2.24, 2.45) is 0 Å². The number of carboxylic acids is 1. The number of nitrogens with zero attached hydrogens (tertiary/aromatic N) is 2. The zero-order chi connectivity index (χ0) is 13.9. The van der Waals surface area contributed by atoms with Gasteiger partial charge < -0.3 is 10.0 Å². The third kappa shape index (κ3) is 3.48. The van der Waals surface area contributed by atoms with Gasteiger partial charge in [-0.3, -0.25) is 9.69 Å². The van der Waals surface area contributed by atoms with E-state index in [0.29, 0.717) is 0 Å². The summed E-state index contributed by atoms with van der Waals surface area (Å²) in [6.07, 6.45) is 0. The highest BCUT2D eigenvalue weighted by atomic mass is 16.4. The number of aryl methyl sites for hydroxylation is 2. The van der Waals surface area contributed by atoms with Gasteiger partial charge in [-0.25, -0.2) is 4.79 Å². The van der Waals surface area contributed by atoms with Gasteiger partial charge in [0.1, 0.15) is 6.54 Å². The minimum Gasteiger partial charge on any atom is -0.480 e. The van der Waals surface area contributed by atoms with Gasteiger partial charge in [0.15, 0.2) is 0 Å². The molecule has 2 amide bonds. The normalized spacial score (nSPS) is 10.0. The highest BCUT2D eigenvalue weighted by molar-refractivity contribution is 5.93. The molecule has 0 atom stereocenters. The molecule has 1 aromatic carbocycles. The van der Waals surface area contributed by atoms with Crippen molar-refractivity contribution in [1.29, 1.82) is 0 Å². The standard InChI is InChI=1S/C13H18N2O3/c1-9-5-10(2)7-11(6-9)15(4)13(18)14(3)8-12(16)17/h5-7H,8H2,1-4H3,(H,16,17). The Morgan fingerprint density at radius 3 is 2.06 bits per heavy atom. The minimum absolute atomic E-state index is 0.312. The molecular weight excluding hydrogens is 232 g/mol. The fourth-order valence-corrected chi connectivity index (χ4v) is 1.78. The van der Waals surface area contributed by atoms with Crippen molar-refractivity contribution in [3.63, 3.8) is 0 Å². The predicted molar refractivity (Wildman–Crippen MR) is 70.0 cm³/mol. The van der Waals surface area contributed by atoms with E-state index in [-0.39, 0.29) is 12.6 Å². The molecule has 98 valence electrons. The Kier molecular flexibility index (Phi) is 4.31. The van der Waals surface area contributed by atoms with E-state index in [2.05, 4.69) is 0 Å². The zero-order valence-corrected chi connectivity index (χ0v) is 11.1. The number of rotatable bonds is 3. The maximum absolute atomic E-state index is 12.0. The summed E-state index contributed by atoms with van der Waals surface area (Å²) >= 11 is 0. The number of carbonyl (C=O) groups is 2. The summed E-state index contributed by atoms with van der Waals surface area (Å²) in [4.78, 5) is 25.2. The van der Waals surface area contributed by atoms with Crippen molar-refractivity contribution >= 4 is 17.7 Å². The number of carboxylic acid groups (broad SMARTS) is 1. The molecule has 0 unspecified atom stereocenters. The van der Waals surface area contributed by atoms with Gasteiger partial charge >= 0.3 is 12.0 Å². The number of hydrogen-bond donors (Lipinski definition) is 1. The van der Waals surface area contributed by atoms with Crippen LogP contribution in [-0.2, 0) is 4.79 Å². The SMILES string of the molecule is Cc1cc(C)cc(N(C)C(=O)N(C)CC(=O)O)c1. The molecule has 0 saturated heterocycles. The summed E-state index contributed by atoms with van der Waals surface area (Å²) in [5.74, 6) is -1.03.